The molecule has 28 heavy (non-hydrogen) atoms. The third kappa shape index (κ3) is 5.03. The van der Waals surface area contributed by atoms with Gasteiger partial charge in [0, 0.05) is 43.4 Å². The zero-order valence-electron chi connectivity index (χ0n) is 16.2. The molecule has 144 valence electrons. The number of hydrogen-bond donors (Lipinski definition) is 1. The number of carbonyl (C=O) groups is 1. The van der Waals surface area contributed by atoms with Crippen molar-refractivity contribution < 1.29 is 9.53 Å². The molecule has 0 aliphatic heterocycles. The maximum Gasteiger partial charge on any atom is 0.272 e. The van der Waals surface area contributed by atoms with Crippen LogP contribution in [0.3, 0.4) is 0 Å². The molecule has 1 aromatic carbocycles. The van der Waals surface area contributed by atoms with Crippen LogP contribution in [0.1, 0.15) is 21.7 Å². The Bertz CT molecular complexity index is 947. The average molecular weight is 377 g/mol. The summed E-state index contributed by atoms with van der Waals surface area (Å²) in [4.78, 5) is 27.2. The van der Waals surface area contributed by atoms with Gasteiger partial charge >= 0.3 is 0 Å². The van der Waals surface area contributed by atoms with Crippen LogP contribution in [-0.4, -0.2) is 46.5 Å². The largest absolute Gasteiger partial charge is 0.497 e. The Morgan fingerprint density at radius 2 is 1.93 bits per heavy atom. The van der Waals surface area contributed by atoms with Crippen molar-refractivity contribution in [3.8, 4) is 5.75 Å². The van der Waals surface area contributed by atoms with Crippen molar-refractivity contribution in [2.45, 2.75) is 13.3 Å². The summed E-state index contributed by atoms with van der Waals surface area (Å²) in [5.41, 5.74) is 2.99. The molecular weight excluding hydrogens is 354 g/mol. The van der Waals surface area contributed by atoms with Crippen LogP contribution < -0.4 is 10.1 Å². The van der Waals surface area contributed by atoms with Crippen LogP contribution in [0.4, 0.5) is 11.6 Å². The van der Waals surface area contributed by atoms with Gasteiger partial charge in [-0.05, 0) is 49.2 Å². The maximum absolute atomic E-state index is 12.8. The number of methoxy groups -OCH3 is 1. The van der Waals surface area contributed by atoms with Crippen LogP contribution in [0.2, 0.25) is 0 Å². The zero-order chi connectivity index (χ0) is 19.9. The number of aryl methyl sites for hydroxylation is 1. The molecule has 0 aliphatic rings. The van der Waals surface area contributed by atoms with Crippen molar-refractivity contribution in [1.29, 1.82) is 0 Å². The lowest BCUT2D eigenvalue weighted by atomic mass is 10.2. The number of nitrogens with zero attached hydrogens (tertiary/aromatic N) is 4. The van der Waals surface area contributed by atoms with E-state index in [4.69, 9.17) is 4.74 Å². The van der Waals surface area contributed by atoms with E-state index in [1.165, 1.54) is 0 Å². The lowest BCUT2D eigenvalue weighted by Gasteiger charge is -2.17. The van der Waals surface area contributed by atoms with Crippen molar-refractivity contribution in [3.63, 3.8) is 0 Å². The number of amides is 1. The van der Waals surface area contributed by atoms with E-state index >= 15 is 0 Å². The highest BCUT2D eigenvalue weighted by molar-refractivity contribution is 5.92. The summed E-state index contributed by atoms with van der Waals surface area (Å²) in [6.07, 6.45) is 4.26. The van der Waals surface area contributed by atoms with Gasteiger partial charge in [-0.2, -0.15) is 0 Å². The highest BCUT2D eigenvalue weighted by Gasteiger charge is 2.15. The van der Waals surface area contributed by atoms with E-state index in [0.29, 0.717) is 23.9 Å². The van der Waals surface area contributed by atoms with Gasteiger partial charge in [0.2, 0.25) is 5.95 Å². The molecule has 0 fully saturated rings. The second kappa shape index (κ2) is 8.94. The number of pyridine rings is 1. The number of aromatic nitrogens is 3. The molecule has 7 nitrogen and oxygen atoms in total. The van der Waals surface area contributed by atoms with E-state index in [9.17, 15) is 4.79 Å². The topological polar surface area (TPSA) is 80.2 Å². The minimum absolute atomic E-state index is 0.145. The third-order valence-corrected chi connectivity index (χ3v) is 4.23. The van der Waals surface area contributed by atoms with Crippen LogP contribution in [0.25, 0.3) is 0 Å². The number of carbonyl (C=O) groups excluding carboxylic acids is 1. The molecule has 0 radical (unpaired) electrons. The molecule has 0 bridgehead atoms. The first-order chi connectivity index (χ1) is 13.5. The second-order valence-electron chi connectivity index (χ2n) is 6.41. The number of rotatable bonds is 7. The molecule has 0 atom stereocenters. The predicted molar refractivity (Wildman–Crippen MR) is 108 cm³/mol. The first-order valence-electron chi connectivity index (χ1n) is 8.96. The smallest absolute Gasteiger partial charge is 0.272 e. The molecular formula is C21H23N5O2. The van der Waals surface area contributed by atoms with Gasteiger partial charge in [0.15, 0.2) is 0 Å². The first-order valence-corrected chi connectivity index (χ1v) is 8.96. The van der Waals surface area contributed by atoms with Crippen LogP contribution in [0.15, 0.2) is 54.9 Å². The summed E-state index contributed by atoms with van der Waals surface area (Å²) in [7, 11) is 3.39. The van der Waals surface area contributed by atoms with Crippen molar-refractivity contribution in [3.05, 3.63) is 71.8 Å². The molecule has 2 heterocycles. The second-order valence-corrected chi connectivity index (χ2v) is 6.41. The van der Waals surface area contributed by atoms with Gasteiger partial charge in [-0.1, -0.05) is 6.07 Å². The minimum Gasteiger partial charge on any atom is -0.497 e. The van der Waals surface area contributed by atoms with Gasteiger partial charge < -0.3 is 15.0 Å². The zero-order valence-corrected chi connectivity index (χ0v) is 16.2. The highest BCUT2D eigenvalue weighted by Crippen LogP contribution is 2.20. The maximum atomic E-state index is 12.8. The minimum atomic E-state index is -0.145. The summed E-state index contributed by atoms with van der Waals surface area (Å²) >= 11 is 0. The van der Waals surface area contributed by atoms with Crippen molar-refractivity contribution in [1.82, 2.24) is 19.9 Å². The average Bonchev–Trinajstić information content (AvgIpc) is 2.72. The molecule has 3 rings (SSSR count). The quantitative estimate of drug-likeness (QED) is 0.681. The normalized spacial score (nSPS) is 10.4. The fraction of sp³-hybridized carbons (Fsp3) is 0.238. The Labute approximate surface area is 164 Å². The van der Waals surface area contributed by atoms with E-state index in [0.717, 1.165) is 23.4 Å². The number of ether oxygens (including phenoxy) is 1. The predicted octanol–water partition coefficient (Wildman–Crippen LogP) is 3.25. The highest BCUT2D eigenvalue weighted by atomic mass is 16.5. The molecule has 0 aliphatic carbocycles. The summed E-state index contributed by atoms with van der Waals surface area (Å²) in [5, 5.41) is 3.13. The summed E-state index contributed by atoms with van der Waals surface area (Å²) in [5.74, 6) is 0.956. The van der Waals surface area contributed by atoms with Gasteiger partial charge in [-0.15, -0.1) is 0 Å². The van der Waals surface area contributed by atoms with Crippen LogP contribution in [-0.2, 0) is 6.42 Å². The van der Waals surface area contributed by atoms with Crippen molar-refractivity contribution in [2.75, 3.05) is 26.0 Å². The Kier molecular flexibility index (Phi) is 6.16. The fourth-order valence-electron chi connectivity index (χ4n) is 2.71. The molecule has 0 saturated heterocycles. The van der Waals surface area contributed by atoms with Gasteiger partial charge in [0.1, 0.15) is 11.4 Å². The number of hydrogen-bond acceptors (Lipinski definition) is 6. The van der Waals surface area contributed by atoms with Crippen LogP contribution >= 0.6 is 0 Å². The molecule has 1 N–H and O–H groups in total. The standard InChI is InChI=1S/C21H23N5O2/c1-15-13-19(20(27)26(2)12-9-16-7-10-22-11-8-16)25-21(23-15)24-17-5-4-6-18(14-17)28-3/h4-8,10-11,13-14H,9,12H2,1-3H3,(H,23,24,25). The lowest BCUT2D eigenvalue weighted by Crippen LogP contribution is -2.30. The van der Waals surface area contributed by atoms with Gasteiger partial charge in [0.05, 0.1) is 7.11 Å². The molecule has 3 aromatic rings. The summed E-state index contributed by atoms with van der Waals surface area (Å²) in [6.45, 7) is 2.43. The van der Waals surface area contributed by atoms with Crippen LogP contribution in [0, 0.1) is 6.92 Å². The first kappa shape index (κ1) is 19.3. The fourth-order valence-corrected chi connectivity index (χ4v) is 2.71. The van der Waals surface area contributed by atoms with Gasteiger partial charge in [-0.25, -0.2) is 9.97 Å². The Balaban J connectivity index is 1.71. The van der Waals surface area contributed by atoms with E-state index in [1.807, 2.05) is 43.3 Å². The van der Waals surface area contributed by atoms with E-state index in [-0.39, 0.29) is 5.91 Å². The van der Waals surface area contributed by atoms with E-state index in [1.54, 1.807) is 37.5 Å². The summed E-state index contributed by atoms with van der Waals surface area (Å²) in [6, 6.07) is 13.0. The number of anilines is 2. The Hall–Kier alpha value is -3.48. The van der Waals surface area contributed by atoms with Crippen LogP contribution in [0.5, 0.6) is 5.75 Å². The lowest BCUT2D eigenvalue weighted by molar-refractivity contribution is 0.0790. The van der Waals surface area contributed by atoms with Crippen molar-refractivity contribution in [2.24, 2.45) is 0 Å². The third-order valence-electron chi connectivity index (χ3n) is 4.23. The van der Waals surface area contributed by atoms with Gasteiger partial charge in [-0.3, -0.25) is 9.78 Å². The van der Waals surface area contributed by atoms with E-state index < -0.39 is 0 Å². The number of benzene rings is 1. The Morgan fingerprint density at radius 3 is 2.68 bits per heavy atom. The molecule has 0 unspecified atom stereocenters. The molecule has 1 amide bonds. The summed E-state index contributed by atoms with van der Waals surface area (Å²) < 4.78 is 5.23. The molecule has 0 spiro atoms. The molecule has 0 saturated carbocycles. The van der Waals surface area contributed by atoms with Crippen molar-refractivity contribution >= 4 is 17.5 Å². The number of nitrogens with one attached hydrogen (secondary N) is 1. The Morgan fingerprint density at radius 1 is 1.14 bits per heavy atom. The number of likely N-dealkylation sites (N-methyl/N-ethyl adjacent to an activating group) is 1. The monoisotopic (exact) mass is 377 g/mol. The molecule has 7 heteroatoms. The molecule has 2 aromatic heterocycles. The van der Waals surface area contributed by atoms with E-state index in [2.05, 4.69) is 20.3 Å². The SMILES string of the molecule is COc1cccc(Nc2nc(C)cc(C(=O)N(C)CCc3ccncc3)n2)c1. The van der Waals surface area contributed by atoms with Gasteiger partial charge in [0.25, 0.3) is 5.91 Å².